The van der Waals surface area contributed by atoms with E-state index in [2.05, 4.69) is 10.2 Å². The molecular formula is C14H13N2O4S-. The third-order valence-corrected chi connectivity index (χ3v) is 3.48. The van der Waals surface area contributed by atoms with Crippen LogP contribution < -0.4 is 9.84 Å². The van der Waals surface area contributed by atoms with Crippen LogP contribution in [0.4, 0.5) is 0 Å². The minimum atomic E-state index is -1.31. The standard InChI is InChI=1S/C14H14N2O4S/c1-8-4-5-10(6-11(8)19-3)7-12(13(17)18)21-14-16-15-9(2)20-14/h4-7H,1-3H3,(H,17,18)/p-1/b12-7-. The highest BCUT2D eigenvalue weighted by molar-refractivity contribution is 8.03. The number of aryl methyl sites for hydroxylation is 2. The topological polar surface area (TPSA) is 88.3 Å². The molecule has 0 bridgehead atoms. The summed E-state index contributed by atoms with van der Waals surface area (Å²) in [7, 11) is 1.56. The van der Waals surface area contributed by atoms with Gasteiger partial charge in [0, 0.05) is 11.8 Å². The maximum atomic E-state index is 11.2. The lowest BCUT2D eigenvalue weighted by atomic mass is 10.1. The molecule has 7 heteroatoms. The first kappa shape index (κ1) is 15.1. The molecule has 1 aromatic heterocycles. The summed E-state index contributed by atoms with van der Waals surface area (Å²) in [6.07, 6.45) is 1.47. The van der Waals surface area contributed by atoms with Gasteiger partial charge < -0.3 is 19.1 Å². The van der Waals surface area contributed by atoms with Crippen molar-refractivity contribution < 1.29 is 19.1 Å². The Morgan fingerprint density at radius 1 is 1.38 bits per heavy atom. The van der Waals surface area contributed by atoms with E-state index < -0.39 is 5.97 Å². The van der Waals surface area contributed by atoms with Crippen molar-refractivity contribution in [3.8, 4) is 5.75 Å². The van der Waals surface area contributed by atoms with Gasteiger partial charge in [0.25, 0.3) is 5.22 Å². The number of aliphatic carboxylic acids is 1. The molecule has 1 aromatic carbocycles. The van der Waals surface area contributed by atoms with E-state index in [0.29, 0.717) is 17.2 Å². The van der Waals surface area contributed by atoms with Crippen LogP contribution >= 0.6 is 11.8 Å². The van der Waals surface area contributed by atoms with Gasteiger partial charge in [-0.3, -0.25) is 0 Å². The molecule has 0 spiro atoms. The number of ether oxygens (including phenoxy) is 1. The SMILES string of the molecule is COc1cc(/C=C(\Sc2nnc(C)o2)C(=O)[O-])ccc1C. The molecule has 0 saturated heterocycles. The fourth-order valence-electron chi connectivity index (χ4n) is 1.62. The number of methoxy groups -OCH3 is 1. The molecular weight excluding hydrogens is 292 g/mol. The molecule has 6 nitrogen and oxygen atoms in total. The maximum Gasteiger partial charge on any atom is 0.281 e. The molecule has 21 heavy (non-hydrogen) atoms. The second kappa shape index (κ2) is 6.45. The zero-order chi connectivity index (χ0) is 15.4. The Morgan fingerprint density at radius 2 is 2.14 bits per heavy atom. The van der Waals surface area contributed by atoms with E-state index in [0.717, 1.165) is 17.3 Å². The van der Waals surface area contributed by atoms with Crippen molar-refractivity contribution in [2.75, 3.05) is 7.11 Å². The van der Waals surface area contributed by atoms with E-state index in [-0.39, 0.29) is 10.1 Å². The quantitative estimate of drug-likeness (QED) is 0.612. The van der Waals surface area contributed by atoms with Gasteiger partial charge in [0.1, 0.15) is 5.75 Å². The molecule has 1 heterocycles. The molecule has 0 amide bonds. The average Bonchev–Trinajstić information content (AvgIpc) is 2.85. The monoisotopic (exact) mass is 305 g/mol. The lowest BCUT2D eigenvalue weighted by Crippen LogP contribution is -2.23. The van der Waals surface area contributed by atoms with Crippen LogP contribution in [0.5, 0.6) is 5.75 Å². The zero-order valence-corrected chi connectivity index (χ0v) is 12.6. The minimum Gasteiger partial charge on any atom is -0.544 e. The van der Waals surface area contributed by atoms with Gasteiger partial charge in [0.15, 0.2) is 0 Å². The van der Waals surface area contributed by atoms with Crippen molar-refractivity contribution in [2.45, 2.75) is 19.1 Å². The van der Waals surface area contributed by atoms with Crippen molar-refractivity contribution in [2.24, 2.45) is 0 Å². The van der Waals surface area contributed by atoms with Crippen molar-refractivity contribution in [1.29, 1.82) is 0 Å². The van der Waals surface area contributed by atoms with Crippen molar-refractivity contribution in [3.05, 3.63) is 40.1 Å². The van der Waals surface area contributed by atoms with Gasteiger partial charge >= 0.3 is 0 Å². The molecule has 0 atom stereocenters. The molecule has 0 unspecified atom stereocenters. The van der Waals surface area contributed by atoms with Crippen LogP contribution in [0.2, 0.25) is 0 Å². The van der Waals surface area contributed by atoms with Crippen LogP contribution in [0.3, 0.4) is 0 Å². The smallest absolute Gasteiger partial charge is 0.281 e. The predicted molar refractivity (Wildman–Crippen MR) is 75.6 cm³/mol. The van der Waals surface area contributed by atoms with Gasteiger partial charge in [0.2, 0.25) is 5.89 Å². The third-order valence-electron chi connectivity index (χ3n) is 2.64. The van der Waals surface area contributed by atoms with Gasteiger partial charge in [0.05, 0.1) is 13.1 Å². The first-order valence-corrected chi connectivity index (χ1v) is 6.87. The number of hydrogen-bond donors (Lipinski definition) is 0. The summed E-state index contributed by atoms with van der Waals surface area (Å²) >= 11 is 0.848. The summed E-state index contributed by atoms with van der Waals surface area (Å²) in [5, 5.41) is 18.8. The Balaban J connectivity index is 2.31. The van der Waals surface area contributed by atoms with Crippen molar-refractivity contribution >= 4 is 23.8 Å². The molecule has 2 rings (SSSR count). The Morgan fingerprint density at radius 3 is 2.71 bits per heavy atom. The number of hydrogen-bond acceptors (Lipinski definition) is 7. The number of carboxylic acid groups (broad SMARTS) is 1. The second-order valence-corrected chi connectivity index (χ2v) is 5.21. The number of carboxylic acids is 1. The molecule has 0 fully saturated rings. The minimum absolute atomic E-state index is 0.0236. The van der Waals surface area contributed by atoms with Crippen LogP contribution in [0.25, 0.3) is 6.08 Å². The first-order valence-electron chi connectivity index (χ1n) is 6.05. The van der Waals surface area contributed by atoms with Gasteiger partial charge in [-0.1, -0.05) is 12.1 Å². The number of nitrogens with zero attached hydrogens (tertiary/aromatic N) is 2. The van der Waals surface area contributed by atoms with Gasteiger partial charge in [-0.15, -0.1) is 10.2 Å². The summed E-state index contributed by atoms with van der Waals surface area (Å²) in [4.78, 5) is 11.2. The largest absolute Gasteiger partial charge is 0.544 e. The van der Waals surface area contributed by atoms with E-state index in [9.17, 15) is 9.90 Å². The number of aromatic nitrogens is 2. The molecule has 0 aliphatic heterocycles. The molecule has 2 aromatic rings. The number of rotatable bonds is 5. The first-order chi connectivity index (χ1) is 9.99. The predicted octanol–water partition coefficient (Wildman–Crippen LogP) is 1.58. The normalized spacial score (nSPS) is 11.5. The molecule has 0 saturated carbocycles. The summed E-state index contributed by atoms with van der Waals surface area (Å²) in [6.45, 7) is 3.53. The Kier molecular flexibility index (Phi) is 4.64. The summed E-state index contributed by atoms with van der Waals surface area (Å²) in [6, 6.07) is 5.39. The number of carbonyl (C=O) groups excluding carboxylic acids is 1. The number of carbonyl (C=O) groups is 1. The van der Waals surface area contributed by atoms with Crippen LogP contribution in [0.1, 0.15) is 17.0 Å². The molecule has 0 aliphatic carbocycles. The van der Waals surface area contributed by atoms with E-state index in [1.54, 1.807) is 26.2 Å². The lowest BCUT2D eigenvalue weighted by molar-refractivity contribution is -0.298. The summed E-state index contributed by atoms with van der Waals surface area (Å²) in [5.41, 5.74) is 1.64. The van der Waals surface area contributed by atoms with Crippen LogP contribution in [0, 0.1) is 13.8 Å². The molecule has 0 radical (unpaired) electrons. The van der Waals surface area contributed by atoms with Crippen molar-refractivity contribution in [3.63, 3.8) is 0 Å². The van der Waals surface area contributed by atoms with Crippen molar-refractivity contribution in [1.82, 2.24) is 10.2 Å². The zero-order valence-electron chi connectivity index (χ0n) is 11.7. The van der Waals surface area contributed by atoms with Gasteiger partial charge in [-0.25, -0.2) is 0 Å². The summed E-state index contributed by atoms with van der Waals surface area (Å²) < 4.78 is 10.4. The highest BCUT2D eigenvalue weighted by Gasteiger charge is 2.09. The van der Waals surface area contributed by atoms with E-state index in [4.69, 9.17) is 9.15 Å². The Labute approximate surface area is 125 Å². The lowest BCUT2D eigenvalue weighted by Gasteiger charge is -2.08. The van der Waals surface area contributed by atoms with E-state index in [1.807, 2.05) is 13.0 Å². The van der Waals surface area contributed by atoms with Gasteiger partial charge in [-0.05, 0) is 42.0 Å². The van der Waals surface area contributed by atoms with Crippen LogP contribution in [0.15, 0.2) is 32.7 Å². The highest BCUT2D eigenvalue weighted by atomic mass is 32.2. The maximum absolute atomic E-state index is 11.2. The molecule has 0 N–H and O–H groups in total. The fraction of sp³-hybridized carbons (Fsp3) is 0.214. The van der Waals surface area contributed by atoms with E-state index >= 15 is 0 Å². The fourth-order valence-corrected chi connectivity index (χ4v) is 2.33. The average molecular weight is 305 g/mol. The van der Waals surface area contributed by atoms with Gasteiger partial charge in [-0.2, -0.15) is 0 Å². The second-order valence-electron chi connectivity index (χ2n) is 4.21. The third kappa shape index (κ3) is 3.85. The molecule has 0 aliphatic rings. The number of benzene rings is 1. The Hall–Kier alpha value is -2.28. The van der Waals surface area contributed by atoms with Crippen LogP contribution in [-0.2, 0) is 4.79 Å². The highest BCUT2D eigenvalue weighted by Crippen LogP contribution is 2.28. The van der Waals surface area contributed by atoms with E-state index in [1.165, 1.54) is 6.08 Å². The summed E-state index contributed by atoms with van der Waals surface area (Å²) in [5.74, 6) is -0.261. The Bertz CT molecular complexity index is 694. The molecule has 110 valence electrons. The number of thioether (sulfide) groups is 1. The van der Waals surface area contributed by atoms with Crippen LogP contribution in [-0.4, -0.2) is 23.3 Å².